The Morgan fingerprint density at radius 1 is 1.40 bits per heavy atom. The summed E-state index contributed by atoms with van der Waals surface area (Å²) in [5.41, 5.74) is 0.248. The van der Waals surface area contributed by atoms with Crippen molar-refractivity contribution < 1.29 is 0 Å². The molecule has 0 fully saturated rings. The molecule has 0 amide bonds. The summed E-state index contributed by atoms with van der Waals surface area (Å²) in [5, 5.41) is 12.6. The van der Waals surface area contributed by atoms with Crippen LogP contribution in [0.4, 0.5) is 0 Å². The van der Waals surface area contributed by atoms with E-state index in [1.54, 1.807) is 23.1 Å². The molecule has 0 aliphatic rings. The quantitative estimate of drug-likeness (QED) is 0.618. The van der Waals surface area contributed by atoms with Gasteiger partial charge in [0.05, 0.1) is 0 Å². The first-order chi connectivity index (χ1) is 7.03. The summed E-state index contributed by atoms with van der Waals surface area (Å²) in [6, 6.07) is 0. The number of hydrogen-bond donors (Lipinski definition) is 1. The molecule has 0 unspecified atom stereocenters. The van der Waals surface area contributed by atoms with Crippen LogP contribution in [0.25, 0.3) is 0 Å². The van der Waals surface area contributed by atoms with Crippen molar-refractivity contribution in [3.63, 3.8) is 0 Å². The molecule has 1 heterocycles. The SMILES string of the molecule is CCC(C)(C)NCCSc1nnc(C)s1. The summed E-state index contributed by atoms with van der Waals surface area (Å²) < 4.78 is 1.07. The Labute approximate surface area is 100 Å². The van der Waals surface area contributed by atoms with E-state index in [1.807, 2.05) is 6.92 Å². The molecule has 1 N–H and O–H groups in total. The molecule has 15 heavy (non-hydrogen) atoms. The predicted octanol–water partition coefficient (Wildman–Crippen LogP) is 2.72. The van der Waals surface area contributed by atoms with E-state index in [0.717, 1.165) is 28.1 Å². The molecule has 0 saturated carbocycles. The molecule has 0 bridgehead atoms. The van der Waals surface area contributed by atoms with Crippen molar-refractivity contribution in [1.82, 2.24) is 15.5 Å². The summed E-state index contributed by atoms with van der Waals surface area (Å²) in [7, 11) is 0. The minimum absolute atomic E-state index is 0.248. The average molecular weight is 245 g/mol. The number of rotatable bonds is 6. The summed E-state index contributed by atoms with van der Waals surface area (Å²) in [4.78, 5) is 0. The van der Waals surface area contributed by atoms with E-state index >= 15 is 0 Å². The van der Waals surface area contributed by atoms with Crippen molar-refractivity contribution in [2.45, 2.75) is 44.0 Å². The third-order valence-corrected chi connectivity index (χ3v) is 4.30. The first kappa shape index (κ1) is 12.9. The van der Waals surface area contributed by atoms with E-state index < -0.39 is 0 Å². The molecular weight excluding hydrogens is 226 g/mol. The normalized spacial score (nSPS) is 12.0. The second-order valence-electron chi connectivity index (χ2n) is 4.10. The lowest BCUT2D eigenvalue weighted by Crippen LogP contribution is -2.39. The highest BCUT2D eigenvalue weighted by molar-refractivity contribution is 8.01. The zero-order valence-corrected chi connectivity index (χ0v) is 11.5. The third-order valence-electron chi connectivity index (χ3n) is 2.32. The van der Waals surface area contributed by atoms with Crippen LogP contribution >= 0.6 is 23.1 Å². The molecule has 1 aromatic heterocycles. The summed E-state index contributed by atoms with van der Waals surface area (Å²) in [6.07, 6.45) is 1.15. The highest BCUT2D eigenvalue weighted by Crippen LogP contribution is 2.21. The number of thioether (sulfide) groups is 1. The molecule has 3 nitrogen and oxygen atoms in total. The van der Waals surface area contributed by atoms with Gasteiger partial charge in [-0.15, -0.1) is 10.2 Å². The molecule has 0 atom stereocenters. The molecule has 0 radical (unpaired) electrons. The van der Waals surface area contributed by atoms with Gasteiger partial charge in [0.15, 0.2) is 4.34 Å². The summed E-state index contributed by atoms with van der Waals surface area (Å²) in [6.45, 7) is 9.66. The van der Waals surface area contributed by atoms with Crippen LogP contribution in [0.3, 0.4) is 0 Å². The molecule has 0 saturated heterocycles. The Kier molecular flexibility index (Phi) is 5.02. The van der Waals surface area contributed by atoms with Gasteiger partial charge < -0.3 is 5.32 Å². The first-order valence-corrected chi connectivity index (χ1v) is 7.01. The second-order valence-corrected chi connectivity index (χ2v) is 6.62. The lowest BCUT2D eigenvalue weighted by Gasteiger charge is -2.24. The van der Waals surface area contributed by atoms with Crippen LogP contribution in [0, 0.1) is 6.92 Å². The van der Waals surface area contributed by atoms with E-state index in [1.165, 1.54) is 0 Å². The van der Waals surface area contributed by atoms with Gasteiger partial charge in [0, 0.05) is 17.8 Å². The minimum Gasteiger partial charge on any atom is -0.311 e. The van der Waals surface area contributed by atoms with E-state index in [9.17, 15) is 0 Å². The lowest BCUT2D eigenvalue weighted by atomic mass is 10.0. The summed E-state index contributed by atoms with van der Waals surface area (Å²) in [5.74, 6) is 1.05. The Balaban J connectivity index is 2.17. The highest BCUT2D eigenvalue weighted by Gasteiger charge is 2.12. The topological polar surface area (TPSA) is 37.8 Å². The number of aromatic nitrogens is 2. The van der Waals surface area contributed by atoms with Crippen LogP contribution in [-0.2, 0) is 0 Å². The van der Waals surface area contributed by atoms with Gasteiger partial charge in [-0.05, 0) is 27.2 Å². The molecule has 0 aromatic carbocycles. The molecule has 0 spiro atoms. The fraction of sp³-hybridized carbons (Fsp3) is 0.800. The van der Waals surface area contributed by atoms with Gasteiger partial charge in [0.25, 0.3) is 0 Å². The minimum atomic E-state index is 0.248. The maximum atomic E-state index is 4.07. The standard InChI is InChI=1S/C10H19N3S2/c1-5-10(3,4)11-6-7-14-9-13-12-8(2)15-9/h11H,5-7H2,1-4H3. The predicted molar refractivity (Wildman–Crippen MR) is 67.7 cm³/mol. The number of nitrogens with one attached hydrogen (secondary N) is 1. The first-order valence-electron chi connectivity index (χ1n) is 5.21. The van der Waals surface area contributed by atoms with Crippen molar-refractivity contribution in [2.75, 3.05) is 12.3 Å². The van der Waals surface area contributed by atoms with Crippen LogP contribution in [-0.4, -0.2) is 28.0 Å². The van der Waals surface area contributed by atoms with Crippen molar-refractivity contribution in [2.24, 2.45) is 0 Å². The number of aryl methyl sites for hydroxylation is 1. The van der Waals surface area contributed by atoms with Gasteiger partial charge >= 0.3 is 0 Å². The van der Waals surface area contributed by atoms with E-state index in [0.29, 0.717) is 0 Å². The van der Waals surface area contributed by atoms with Gasteiger partial charge in [-0.1, -0.05) is 30.0 Å². The van der Waals surface area contributed by atoms with Gasteiger partial charge in [-0.25, -0.2) is 0 Å². The van der Waals surface area contributed by atoms with Crippen LogP contribution < -0.4 is 5.32 Å². The molecule has 1 aromatic rings. The second kappa shape index (κ2) is 5.82. The van der Waals surface area contributed by atoms with E-state index in [-0.39, 0.29) is 5.54 Å². The molecule has 0 aliphatic heterocycles. The van der Waals surface area contributed by atoms with Gasteiger partial charge in [0.2, 0.25) is 0 Å². The zero-order chi connectivity index (χ0) is 11.3. The van der Waals surface area contributed by atoms with Crippen LogP contribution in [0.15, 0.2) is 4.34 Å². The smallest absolute Gasteiger partial charge is 0.174 e. The van der Waals surface area contributed by atoms with Crippen LogP contribution in [0.1, 0.15) is 32.2 Å². The van der Waals surface area contributed by atoms with Crippen molar-refractivity contribution in [1.29, 1.82) is 0 Å². The van der Waals surface area contributed by atoms with Crippen LogP contribution in [0.5, 0.6) is 0 Å². The Bertz CT molecular complexity index is 297. The number of hydrogen-bond acceptors (Lipinski definition) is 5. The molecule has 1 rings (SSSR count). The summed E-state index contributed by atoms with van der Waals surface area (Å²) >= 11 is 3.44. The third kappa shape index (κ3) is 4.95. The van der Waals surface area contributed by atoms with E-state index in [4.69, 9.17) is 0 Å². The number of nitrogens with zero attached hydrogens (tertiary/aromatic N) is 2. The molecular formula is C10H19N3S2. The van der Waals surface area contributed by atoms with Crippen molar-refractivity contribution in [3.05, 3.63) is 5.01 Å². The van der Waals surface area contributed by atoms with Crippen LogP contribution in [0.2, 0.25) is 0 Å². The van der Waals surface area contributed by atoms with Gasteiger partial charge in [0.1, 0.15) is 5.01 Å². The Hall–Kier alpha value is -0.130. The molecule has 86 valence electrons. The maximum absolute atomic E-state index is 4.07. The molecule has 0 aliphatic carbocycles. The Morgan fingerprint density at radius 2 is 2.13 bits per heavy atom. The largest absolute Gasteiger partial charge is 0.311 e. The fourth-order valence-corrected chi connectivity index (χ4v) is 2.73. The average Bonchev–Trinajstić information content (AvgIpc) is 2.59. The zero-order valence-electron chi connectivity index (χ0n) is 9.83. The van der Waals surface area contributed by atoms with E-state index in [2.05, 4.69) is 36.3 Å². The highest BCUT2D eigenvalue weighted by atomic mass is 32.2. The monoisotopic (exact) mass is 245 g/mol. The fourth-order valence-electron chi connectivity index (χ4n) is 0.990. The van der Waals surface area contributed by atoms with Gasteiger partial charge in [-0.3, -0.25) is 0 Å². The van der Waals surface area contributed by atoms with Crippen molar-refractivity contribution >= 4 is 23.1 Å². The maximum Gasteiger partial charge on any atom is 0.174 e. The van der Waals surface area contributed by atoms with Crippen molar-refractivity contribution in [3.8, 4) is 0 Å². The Morgan fingerprint density at radius 3 is 2.67 bits per heavy atom. The molecule has 5 heteroatoms. The lowest BCUT2D eigenvalue weighted by molar-refractivity contribution is 0.388. The van der Waals surface area contributed by atoms with Gasteiger partial charge in [-0.2, -0.15) is 0 Å².